The van der Waals surface area contributed by atoms with E-state index in [1.54, 1.807) is 10.5 Å². The van der Waals surface area contributed by atoms with Gasteiger partial charge in [-0.15, -0.1) is 0 Å². The van der Waals surface area contributed by atoms with Crippen LogP contribution in [0, 0.1) is 0 Å². The maximum Gasteiger partial charge on any atom is 0.243 e. The highest BCUT2D eigenvalue weighted by molar-refractivity contribution is 6.03. The van der Waals surface area contributed by atoms with E-state index in [2.05, 4.69) is 39.8 Å². The summed E-state index contributed by atoms with van der Waals surface area (Å²) in [6, 6.07) is 16.7. The molecule has 2 fully saturated rings. The summed E-state index contributed by atoms with van der Waals surface area (Å²) in [6.45, 7) is 4.57. The topological polar surface area (TPSA) is 64.7 Å². The highest BCUT2D eigenvalue weighted by atomic mass is 16.2. The van der Waals surface area contributed by atoms with Gasteiger partial charge in [0.25, 0.3) is 0 Å². The Balaban J connectivity index is 1.09. The van der Waals surface area contributed by atoms with Crippen LogP contribution in [0.2, 0.25) is 0 Å². The summed E-state index contributed by atoms with van der Waals surface area (Å²) >= 11 is 0. The van der Waals surface area contributed by atoms with Crippen LogP contribution in [0.5, 0.6) is 0 Å². The van der Waals surface area contributed by atoms with Gasteiger partial charge in [-0.2, -0.15) is 0 Å². The number of hydrogen-bond donors (Lipinski definition) is 2. The van der Waals surface area contributed by atoms with Gasteiger partial charge < -0.3 is 15.5 Å². The van der Waals surface area contributed by atoms with Crippen LogP contribution in [-0.4, -0.2) is 61.5 Å². The summed E-state index contributed by atoms with van der Waals surface area (Å²) in [4.78, 5) is 30.9. The third-order valence-electron chi connectivity index (χ3n) is 8.87. The highest BCUT2D eigenvalue weighted by Crippen LogP contribution is 2.46. The van der Waals surface area contributed by atoms with Crippen molar-refractivity contribution in [2.24, 2.45) is 0 Å². The van der Waals surface area contributed by atoms with Crippen LogP contribution in [0.4, 0.5) is 5.69 Å². The second-order valence-corrected chi connectivity index (χ2v) is 10.8. The highest BCUT2D eigenvalue weighted by Gasteiger charge is 2.42. The molecule has 2 aromatic carbocycles. The minimum Gasteiger partial charge on any atom is -0.350 e. The number of anilines is 1. The molecule has 0 radical (unpaired) electrons. The van der Waals surface area contributed by atoms with Crippen molar-refractivity contribution in [3.8, 4) is 0 Å². The molecule has 2 aromatic rings. The summed E-state index contributed by atoms with van der Waals surface area (Å²) in [5.74, 6) is 0.0363. The fourth-order valence-corrected chi connectivity index (χ4v) is 6.84. The molecule has 1 aliphatic carbocycles. The molecule has 2 N–H and O–H groups in total. The van der Waals surface area contributed by atoms with E-state index < -0.39 is 6.04 Å². The quantitative estimate of drug-likeness (QED) is 0.703. The van der Waals surface area contributed by atoms with Crippen molar-refractivity contribution in [2.75, 3.05) is 37.6 Å². The van der Waals surface area contributed by atoms with Crippen LogP contribution in [0.1, 0.15) is 48.8 Å². The maximum atomic E-state index is 13.5. The normalized spacial score (nSPS) is 25.0. The Morgan fingerprint density at radius 1 is 1.00 bits per heavy atom. The van der Waals surface area contributed by atoms with Crippen LogP contribution in [-0.2, 0) is 27.8 Å². The Bertz CT molecular complexity index is 1100. The average molecular weight is 473 g/mol. The van der Waals surface area contributed by atoms with E-state index in [0.717, 1.165) is 50.4 Å². The minimum absolute atomic E-state index is 0.0249. The van der Waals surface area contributed by atoms with E-state index in [1.165, 1.54) is 31.2 Å². The van der Waals surface area contributed by atoms with Gasteiger partial charge in [0.05, 0.1) is 0 Å². The van der Waals surface area contributed by atoms with Gasteiger partial charge in [0.15, 0.2) is 0 Å². The third-order valence-corrected chi connectivity index (χ3v) is 8.87. The number of nitrogens with one attached hydrogen (secondary N) is 2. The van der Waals surface area contributed by atoms with Crippen molar-refractivity contribution in [3.63, 3.8) is 0 Å². The fourth-order valence-electron chi connectivity index (χ4n) is 6.84. The number of carbonyl (C=O) groups excluding carboxylic acids is 2. The van der Waals surface area contributed by atoms with Crippen molar-refractivity contribution in [1.29, 1.82) is 0 Å². The molecule has 0 aromatic heterocycles. The number of nitrogens with zero attached hydrogens (tertiary/aromatic N) is 2. The number of hydrogen-bond acceptors (Lipinski definition) is 4. The van der Waals surface area contributed by atoms with E-state index >= 15 is 0 Å². The van der Waals surface area contributed by atoms with Crippen LogP contribution in [0.3, 0.4) is 0 Å². The molecule has 3 heterocycles. The van der Waals surface area contributed by atoms with Gasteiger partial charge in [0.2, 0.25) is 11.8 Å². The number of benzene rings is 2. The second kappa shape index (κ2) is 9.40. The van der Waals surface area contributed by atoms with Gasteiger partial charge in [-0.25, -0.2) is 0 Å². The molecule has 2 atom stereocenters. The van der Waals surface area contributed by atoms with Crippen molar-refractivity contribution in [2.45, 2.75) is 62.4 Å². The SMILES string of the molecule is O=C(N[C@@H]1CCNC1)[C@@H]1Cc2ccccc2N1C(=O)CCN1CCC2(CCc3ccccc32)CC1. The van der Waals surface area contributed by atoms with Crippen LogP contribution in [0.15, 0.2) is 48.5 Å². The maximum absolute atomic E-state index is 13.5. The standard InChI is InChI=1S/C29H36N4O2/c34-27(11-16-32-17-13-29(14-18-32)12-9-21-5-1-3-7-24(21)29)33-25-8-4-2-6-22(25)19-26(33)28(35)31-23-10-15-30-20-23/h1-8,23,26,30H,9-20H2,(H,31,35)/t23-,26+/m1/s1. The Labute approximate surface area is 208 Å². The lowest BCUT2D eigenvalue weighted by Gasteiger charge is -2.40. The third kappa shape index (κ3) is 4.27. The zero-order valence-electron chi connectivity index (χ0n) is 20.5. The minimum atomic E-state index is -0.444. The number of para-hydroxylation sites is 1. The summed E-state index contributed by atoms with van der Waals surface area (Å²) in [6.07, 6.45) is 6.79. The predicted octanol–water partition coefficient (Wildman–Crippen LogP) is 2.79. The van der Waals surface area contributed by atoms with E-state index in [-0.39, 0.29) is 17.9 Å². The van der Waals surface area contributed by atoms with Gasteiger partial charge in [-0.05, 0) is 79.9 Å². The first-order valence-electron chi connectivity index (χ1n) is 13.3. The molecule has 184 valence electrons. The molecule has 0 saturated carbocycles. The zero-order valence-corrected chi connectivity index (χ0v) is 20.5. The molecule has 6 nitrogen and oxygen atoms in total. The van der Waals surface area contributed by atoms with Gasteiger partial charge in [-0.1, -0.05) is 42.5 Å². The lowest BCUT2D eigenvalue weighted by Crippen LogP contribution is -2.51. The van der Waals surface area contributed by atoms with Crippen LogP contribution >= 0.6 is 0 Å². The lowest BCUT2D eigenvalue weighted by molar-refractivity contribution is -0.126. The van der Waals surface area contributed by atoms with Crippen molar-refractivity contribution >= 4 is 17.5 Å². The fraction of sp³-hybridized carbons (Fsp3) is 0.517. The number of piperidine rings is 1. The molecule has 2 saturated heterocycles. The molecule has 0 unspecified atom stereocenters. The predicted molar refractivity (Wildman–Crippen MR) is 138 cm³/mol. The van der Waals surface area contributed by atoms with Crippen LogP contribution < -0.4 is 15.5 Å². The molecule has 6 rings (SSSR count). The number of rotatable bonds is 5. The molecule has 2 amide bonds. The Hall–Kier alpha value is -2.70. The van der Waals surface area contributed by atoms with Crippen molar-refractivity contribution in [1.82, 2.24) is 15.5 Å². The monoisotopic (exact) mass is 472 g/mol. The largest absolute Gasteiger partial charge is 0.350 e. The van der Waals surface area contributed by atoms with E-state index in [4.69, 9.17) is 0 Å². The number of aryl methyl sites for hydroxylation is 1. The zero-order chi connectivity index (χ0) is 23.8. The Kier molecular flexibility index (Phi) is 6.11. The van der Waals surface area contributed by atoms with Gasteiger partial charge in [0, 0.05) is 37.7 Å². The summed E-state index contributed by atoms with van der Waals surface area (Å²) in [5, 5.41) is 6.47. The lowest BCUT2D eigenvalue weighted by atomic mass is 9.74. The number of fused-ring (bicyclic) bond motifs is 3. The first kappa shape index (κ1) is 22.7. The summed E-state index contributed by atoms with van der Waals surface area (Å²) in [5.41, 5.74) is 5.42. The second-order valence-electron chi connectivity index (χ2n) is 10.8. The van der Waals surface area contributed by atoms with Crippen LogP contribution in [0.25, 0.3) is 0 Å². The molecular formula is C29H36N4O2. The smallest absolute Gasteiger partial charge is 0.243 e. The summed E-state index contributed by atoms with van der Waals surface area (Å²) in [7, 11) is 0. The molecular weight excluding hydrogens is 436 g/mol. The number of amides is 2. The van der Waals surface area contributed by atoms with Gasteiger partial charge in [0.1, 0.15) is 6.04 Å². The summed E-state index contributed by atoms with van der Waals surface area (Å²) < 4.78 is 0. The number of likely N-dealkylation sites (tertiary alicyclic amines) is 1. The van der Waals surface area contributed by atoms with E-state index in [0.29, 0.717) is 18.3 Å². The molecule has 4 aliphatic rings. The molecule has 1 spiro atoms. The Morgan fingerprint density at radius 3 is 2.57 bits per heavy atom. The van der Waals surface area contributed by atoms with Crippen molar-refractivity contribution in [3.05, 3.63) is 65.2 Å². The Morgan fingerprint density at radius 2 is 1.77 bits per heavy atom. The molecule has 0 bridgehead atoms. The van der Waals surface area contributed by atoms with Gasteiger partial charge in [-0.3, -0.25) is 14.5 Å². The first-order chi connectivity index (χ1) is 17.1. The number of carbonyl (C=O) groups is 2. The first-order valence-corrected chi connectivity index (χ1v) is 13.3. The molecule has 35 heavy (non-hydrogen) atoms. The van der Waals surface area contributed by atoms with Gasteiger partial charge >= 0.3 is 0 Å². The molecule has 6 heteroatoms. The van der Waals surface area contributed by atoms with Crippen molar-refractivity contribution < 1.29 is 9.59 Å². The van der Waals surface area contributed by atoms with E-state index in [1.807, 2.05) is 24.3 Å². The average Bonchev–Trinajstić information content (AvgIpc) is 3.62. The molecule has 3 aliphatic heterocycles. The van der Waals surface area contributed by atoms with E-state index in [9.17, 15) is 9.59 Å².